The van der Waals surface area contributed by atoms with Gasteiger partial charge in [0.05, 0.1) is 0 Å². The van der Waals surface area contributed by atoms with Gasteiger partial charge in [-0.05, 0) is 38.1 Å². The maximum Gasteiger partial charge on any atom is 0.225 e. The van der Waals surface area contributed by atoms with Crippen molar-refractivity contribution in [3.63, 3.8) is 0 Å². The molecule has 0 aromatic heterocycles. The van der Waals surface area contributed by atoms with Gasteiger partial charge in [0.25, 0.3) is 0 Å². The van der Waals surface area contributed by atoms with Crippen molar-refractivity contribution in [2.45, 2.75) is 25.2 Å². The van der Waals surface area contributed by atoms with E-state index in [1.165, 1.54) is 12.5 Å². The predicted molar refractivity (Wildman–Crippen MR) is 91.6 cm³/mol. The summed E-state index contributed by atoms with van der Waals surface area (Å²) in [6.07, 6.45) is 0.433. The number of thioether (sulfide) groups is 1. The summed E-state index contributed by atoms with van der Waals surface area (Å²) in [5.74, 6) is 0.674. The second kappa shape index (κ2) is 7.80. The summed E-state index contributed by atoms with van der Waals surface area (Å²) in [6.45, 7) is 3.57. The lowest BCUT2D eigenvalue weighted by Crippen LogP contribution is -2.12. The van der Waals surface area contributed by atoms with Crippen LogP contribution in [0, 0.1) is 6.92 Å². The number of nitrogens with one attached hydrogen (secondary N) is 1. The number of Topliss-reactive ketones (excluding diaryl/α,β-unsaturated/α-hetero) is 1. The standard InChI is InChI=1S/C18H19NO2S/c1-13-6-8-17(9-7-13)22-11-10-18(21)19-16-5-3-4-15(12-16)14(2)20/h3-9,12H,10-11H2,1-2H3,(H,19,21). The molecule has 0 heterocycles. The van der Waals surface area contributed by atoms with Gasteiger partial charge < -0.3 is 5.32 Å². The van der Waals surface area contributed by atoms with E-state index in [1.54, 1.807) is 36.0 Å². The van der Waals surface area contributed by atoms with Crippen molar-refractivity contribution >= 4 is 29.1 Å². The lowest BCUT2D eigenvalue weighted by molar-refractivity contribution is -0.115. The number of anilines is 1. The van der Waals surface area contributed by atoms with Crippen LogP contribution in [0.4, 0.5) is 5.69 Å². The molecule has 0 unspecified atom stereocenters. The summed E-state index contributed by atoms with van der Waals surface area (Å²) in [5, 5.41) is 2.83. The first kappa shape index (κ1) is 16.3. The number of carbonyl (C=O) groups is 2. The van der Waals surface area contributed by atoms with E-state index in [2.05, 4.69) is 36.5 Å². The molecule has 1 amide bonds. The first-order chi connectivity index (χ1) is 10.5. The van der Waals surface area contributed by atoms with E-state index < -0.39 is 0 Å². The Morgan fingerprint density at radius 3 is 2.50 bits per heavy atom. The molecule has 114 valence electrons. The van der Waals surface area contributed by atoms with Crippen LogP contribution in [0.3, 0.4) is 0 Å². The molecule has 4 heteroatoms. The quantitative estimate of drug-likeness (QED) is 0.638. The SMILES string of the molecule is CC(=O)c1cccc(NC(=O)CCSc2ccc(C)cc2)c1. The number of rotatable bonds is 6. The predicted octanol–water partition coefficient (Wildman–Crippen LogP) is 4.32. The van der Waals surface area contributed by atoms with Gasteiger partial charge in [0, 0.05) is 28.3 Å². The zero-order valence-electron chi connectivity index (χ0n) is 12.8. The van der Waals surface area contributed by atoms with E-state index in [-0.39, 0.29) is 11.7 Å². The molecular weight excluding hydrogens is 294 g/mol. The molecule has 0 spiro atoms. The van der Waals surface area contributed by atoms with Gasteiger partial charge in [0.15, 0.2) is 5.78 Å². The maximum atomic E-state index is 11.9. The van der Waals surface area contributed by atoms with E-state index in [0.717, 1.165) is 10.6 Å². The Morgan fingerprint density at radius 2 is 1.82 bits per heavy atom. The molecular formula is C18H19NO2S. The second-order valence-corrected chi connectivity index (χ2v) is 6.27. The van der Waals surface area contributed by atoms with Crippen molar-refractivity contribution in [3.8, 4) is 0 Å². The molecule has 3 nitrogen and oxygen atoms in total. The number of hydrogen-bond donors (Lipinski definition) is 1. The third-order valence-corrected chi connectivity index (χ3v) is 4.19. The molecule has 22 heavy (non-hydrogen) atoms. The molecule has 0 fully saturated rings. The van der Waals surface area contributed by atoms with E-state index in [0.29, 0.717) is 17.7 Å². The second-order valence-electron chi connectivity index (χ2n) is 5.10. The van der Waals surface area contributed by atoms with E-state index in [9.17, 15) is 9.59 Å². The van der Waals surface area contributed by atoms with Gasteiger partial charge in [0.1, 0.15) is 0 Å². The van der Waals surface area contributed by atoms with Crippen molar-refractivity contribution in [2.24, 2.45) is 0 Å². The number of hydrogen-bond acceptors (Lipinski definition) is 3. The monoisotopic (exact) mass is 313 g/mol. The summed E-state index contributed by atoms with van der Waals surface area (Å²) >= 11 is 1.66. The topological polar surface area (TPSA) is 46.2 Å². The first-order valence-electron chi connectivity index (χ1n) is 7.15. The number of amides is 1. The highest BCUT2D eigenvalue weighted by atomic mass is 32.2. The summed E-state index contributed by atoms with van der Waals surface area (Å²) in [5.41, 5.74) is 2.50. The highest BCUT2D eigenvalue weighted by Gasteiger charge is 2.05. The molecule has 0 saturated heterocycles. The maximum absolute atomic E-state index is 11.9. The molecule has 0 radical (unpaired) electrons. The Labute approximate surface area is 135 Å². The largest absolute Gasteiger partial charge is 0.326 e. The van der Waals surface area contributed by atoms with Gasteiger partial charge in [-0.2, -0.15) is 0 Å². The minimum absolute atomic E-state index is 0.00831. The minimum atomic E-state index is -0.0414. The average molecular weight is 313 g/mol. The Hall–Kier alpha value is -2.07. The van der Waals surface area contributed by atoms with Gasteiger partial charge in [-0.15, -0.1) is 11.8 Å². The fourth-order valence-electron chi connectivity index (χ4n) is 1.94. The molecule has 2 aromatic carbocycles. The minimum Gasteiger partial charge on any atom is -0.326 e. The lowest BCUT2D eigenvalue weighted by Gasteiger charge is -2.06. The Balaban J connectivity index is 1.81. The van der Waals surface area contributed by atoms with Crippen LogP contribution in [0.1, 0.15) is 29.3 Å². The van der Waals surface area contributed by atoms with Crippen molar-refractivity contribution < 1.29 is 9.59 Å². The fourth-order valence-corrected chi connectivity index (χ4v) is 2.79. The summed E-state index contributed by atoms with van der Waals surface area (Å²) in [7, 11) is 0. The van der Waals surface area contributed by atoms with Crippen LogP contribution < -0.4 is 5.32 Å². The molecule has 2 rings (SSSR count). The van der Waals surface area contributed by atoms with Crippen molar-refractivity contribution in [3.05, 3.63) is 59.7 Å². The zero-order valence-corrected chi connectivity index (χ0v) is 13.6. The molecule has 0 aliphatic carbocycles. The normalized spacial score (nSPS) is 10.3. The van der Waals surface area contributed by atoms with Crippen molar-refractivity contribution in [1.29, 1.82) is 0 Å². The number of benzene rings is 2. The highest BCUT2D eigenvalue weighted by Crippen LogP contribution is 2.19. The Morgan fingerprint density at radius 1 is 1.09 bits per heavy atom. The summed E-state index contributed by atoms with van der Waals surface area (Å²) < 4.78 is 0. The summed E-state index contributed by atoms with van der Waals surface area (Å²) in [6, 6.07) is 15.3. The van der Waals surface area contributed by atoms with Gasteiger partial charge in [0.2, 0.25) is 5.91 Å². The van der Waals surface area contributed by atoms with E-state index in [4.69, 9.17) is 0 Å². The molecule has 1 N–H and O–H groups in total. The number of ketones is 1. The van der Waals surface area contributed by atoms with Gasteiger partial charge in [-0.3, -0.25) is 9.59 Å². The smallest absolute Gasteiger partial charge is 0.225 e. The zero-order chi connectivity index (χ0) is 15.9. The van der Waals surface area contributed by atoms with Gasteiger partial charge in [-0.1, -0.05) is 29.8 Å². The molecule has 0 bridgehead atoms. The molecule has 0 aliphatic rings. The molecule has 0 atom stereocenters. The van der Waals surface area contributed by atoms with E-state index >= 15 is 0 Å². The molecule has 0 aliphatic heterocycles. The van der Waals surface area contributed by atoms with Crippen molar-refractivity contribution in [2.75, 3.05) is 11.1 Å². The van der Waals surface area contributed by atoms with Crippen LogP contribution in [0.5, 0.6) is 0 Å². The molecule has 0 saturated carbocycles. The third-order valence-electron chi connectivity index (χ3n) is 3.17. The van der Waals surface area contributed by atoms with Crippen LogP contribution in [0.15, 0.2) is 53.4 Å². The third kappa shape index (κ3) is 5.04. The van der Waals surface area contributed by atoms with Crippen LogP contribution in [-0.4, -0.2) is 17.4 Å². The Bertz CT molecular complexity index is 665. The van der Waals surface area contributed by atoms with Crippen LogP contribution >= 0.6 is 11.8 Å². The van der Waals surface area contributed by atoms with Gasteiger partial charge >= 0.3 is 0 Å². The van der Waals surface area contributed by atoms with E-state index in [1.807, 2.05) is 0 Å². The lowest BCUT2D eigenvalue weighted by atomic mass is 10.1. The number of carbonyl (C=O) groups excluding carboxylic acids is 2. The van der Waals surface area contributed by atoms with Gasteiger partial charge in [-0.25, -0.2) is 0 Å². The first-order valence-corrected chi connectivity index (χ1v) is 8.13. The molecule has 2 aromatic rings. The highest BCUT2D eigenvalue weighted by molar-refractivity contribution is 7.99. The van der Waals surface area contributed by atoms with Crippen LogP contribution in [0.25, 0.3) is 0 Å². The average Bonchev–Trinajstić information content (AvgIpc) is 2.49. The van der Waals surface area contributed by atoms with Crippen LogP contribution in [0.2, 0.25) is 0 Å². The van der Waals surface area contributed by atoms with Crippen molar-refractivity contribution in [1.82, 2.24) is 0 Å². The van der Waals surface area contributed by atoms with Crippen LogP contribution in [-0.2, 0) is 4.79 Å². The summed E-state index contributed by atoms with van der Waals surface area (Å²) in [4.78, 5) is 24.4. The Kier molecular flexibility index (Phi) is 5.78. The fraction of sp³-hybridized carbons (Fsp3) is 0.222. The number of aryl methyl sites for hydroxylation is 1.